The summed E-state index contributed by atoms with van der Waals surface area (Å²) in [5.74, 6) is -0.816. The number of carboxylic acid groups (broad SMARTS) is 1. The van der Waals surface area contributed by atoms with Crippen molar-refractivity contribution in [2.75, 3.05) is 10.8 Å². The SMILES string of the molecule is O=C(O)/C=C/c1cnc2c(c1)CCN2S(=O)(=O)c1ccc([N+](=O)[O-])cc1. The minimum atomic E-state index is -3.90. The van der Waals surface area contributed by atoms with Crippen molar-refractivity contribution >= 4 is 33.6 Å². The van der Waals surface area contributed by atoms with Crippen molar-refractivity contribution in [2.45, 2.75) is 11.3 Å². The van der Waals surface area contributed by atoms with Crippen LogP contribution in [0.5, 0.6) is 0 Å². The number of anilines is 1. The van der Waals surface area contributed by atoms with Gasteiger partial charge in [0.2, 0.25) is 0 Å². The van der Waals surface area contributed by atoms with Crippen molar-refractivity contribution in [1.82, 2.24) is 4.98 Å². The molecule has 1 aromatic carbocycles. The molecule has 26 heavy (non-hydrogen) atoms. The van der Waals surface area contributed by atoms with Gasteiger partial charge in [-0.3, -0.25) is 10.1 Å². The summed E-state index contributed by atoms with van der Waals surface area (Å²) in [5, 5.41) is 19.4. The van der Waals surface area contributed by atoms with E-state index < -0.39 is 20.9 Å². The Kier molecular flexibility index (Phi) is 4.43. The molecule has 0 atom stereocenters. The molecule has 0 spiro atoms. The number of benzene rings is 1. The third-order valence-electron chi connectivity index (χ3n) is 3.84. The number of sulfonamides is 1. The van der Waals surface area contributed by atoms with E-state index in [4.69, 9.17) is 5.11 Å². The van der Waals surface area contributed by atoms with Crippen molar-refractivity contribution < 1.29 is 23.2 Å². The molecule has 1 aromatic heterocycles. The van der Waals surface area contributed by atoms with Crippen LogP contribution in [0, 0.1) is 10.1 Å². The predicted octanol–water partition coefficient (Wildman–Crippen LogP) is 1.84. The quantitative estimate of drug-likeness (QED) is 0.479. The average Bonchev–Trinajstić information content (AvgIpc) is 3.04. The highest BCUT2D eigenvalue weighted by molar-refractivity contribution is 7.92. The summed E-state index contributed by atoms with van der Waals surface area (Å²) in [5.41, 5.74) is 1.04. The molecule has 0 radical (unpaired) electrons. The number of hydrogen-bond acceptors (Lipinski definition) is 6. The van der Waals surface area contributed by atoms with Gasteiger partial charge in [-0.05, 0) is 41.8 Å². The van der Waals surface area contributed by atoms with Gasteiger partial charge in [0.15, 0.2) is 0 Å². The van der Waals surface area contributed by atoms with Crippen LogP contribution in [-0.4, -0.2) is 35.9 Å². The largest absolute Gasteiger partial charge is 0.478 e. The standard InChI is InChI=1S/C16H13N3O6S/c20-15(21)6-1-11-9-12-7-8-18(16(12)17-10-11)26(24,25)14-4-2-13(3-5-14)19(22)23/h1-6,9-10H,7-8H2,(H,20,21)/b6-1+. The van der Waals surface area contributed by atoms with Crippen LogP contribution in [0.4, 0.5) is 11.5 Å². The van der Waals surface area contributed by atoms with Crippen LogP contribution in [0.3, 0.4) is 0 Å². The van der Waals surface area contributed by atoms with E-state index in [0.717, 1.165) is 22.5 Å². The first kappa shape index (κ1) is 17.5. The number of nitro benzene ring substituents is 1. The Hall–Kier alpha value is -3.27. The van der Waals surface area contributed by atoms with Gasteiger partial charge in [0.1, 0.15) is 5.82 Å². The van der Waals surface area contributed by atoms with E-state index in [2.05, 4.69) is 4.98 Å². The molecule has 2 heterocycles. The van der Waals surface area contributed by atoms with Crippen molar-refractivity contribution in [3.8, 4) is 0 Å². The third-order valence-corrected chi connectivity index (χ3v) is 5.64. The fraction of sp³-hybridized carbons (Fsp3) is 0.125. The Morgan fingerprint density at radius 2 is 2.00 bits per heavy atom. The molecule has 0 bridgehead atoms. The number of nitro groups is 1. The number of aliphatic carboxylic acids is 1. The van der Waals surface area contributed by atoms with Crippen LogP contribution in [0.2, 0.25) is 0 Å². The molecule has 0 unspecified atom stereocenters. The highest BCUT2D eigenvalue weighted by Crippen LogP contribution is 2.32. The van der Waals surface area contributed by atoms with Crippen LogP contribution in [0.1, 0.15) is 11.1 Å². The lowest BCUT2D eigenvalue weighted by molar-refractivity contribution is -0.384. The Morgan fingerprint density at radius 3 is 2.62 bits per heavy atom. The molecule has 2 aromatic rings. The third kappa shape index (κ3) is 3.26. The molecule has 1 aliphatic rings. The van der Waals surface area contributed by atoms with Gasteiger partial charge >= 0.3 is 5.97 Å². The van der Waals surface area contributed by atoms with Crippen molar-refractivity contribution in [3.63, 3.8) is 0 Å². The first-order valence-electron chi connectivity index (χ1n) is 7.46. The lowest BCUT2D eigenvalue weighted by Crippen LogP contribution is -2.29. The number of nitrogens with zero attached hydrogens (tertiary/aromatic N) is 3. The first-order chi connectivity index (χ1) is 12.3. The molecule has 9 nitrogen and oxygen atoms in total. The minimum Gasteiger partial charge on any atom is -0.478 e. The Morgan fingerprint density at radius 1 is 1.31 bits per heavy atom. The number of aromatic nitrogens is 1. The summed E-state index contributed by atoms with van der Waals surface area (Å²) in [7, 11) is -3.90. The number of carboxylic acids is 1. The fourth-order valence-electron chi connectivity index (χ4n) is 2.62. The van der Waals surface area contributed by atoms with Crippen LogP contribution >= 0.6 is 0 Å². The van der Waals surface area contributed by atoms with Gasteiger partial charge in [-0.2, -0.15) is 0 Å². The Bertz CT molecular complexity index is 1010. The van der Waals surface area contributed by atoms with Gasteiger partial charge in [0.25, 0.3) is 15.7 Å². The fourth-order valence-corrected chi connectivity index (χ4v) is 4.08. The second-order valence-electron chi connectivity index (χ2n) is 5.50. The number of fused-ring (bicyclic) bond motifs is 1. The second kappa shape index (κ2) is 6.56. The normalized spacial score (nSPS) is 13.8. The summed E-state index contributed by atoms with van der Waals surface area (Å²) in [6, 6.07) is 6.34. The zero-order valence-electron chi connectivity index (χ0n) is 13.3. The highest BCUT2D eigenvalue weighted by Gasteiger charge is 2.32. The van der Waals surface area contributed by atoms with Crippen LogP contribution in [-0.2, 0) is 21.2 Å². The zero-order valence-corrected chi connectivity index (χ0v) is 14.1. The Balaban J connectivity index is 1.92. The number of carbonyl (C=O) groups is 1. The molecule has 0 aliphatic carbocycles. The predicted molar refractivity (Wildman–Crippen MR) is 92.2 cm³/mol. The molecular formula is C16H13N3O6S. The van der Waals surface area contributed by atoms with E-state index in [0.29, 0.717) is 17.5 Å². The molecule has 0 amide bonds. The topological polar surface area (TPSA) is 131 Å². The van der Waals surface area contributed by atoms with E-state index in [1.54, 1.807) is 6.07 Å². The summed E-state index contributed by atoms with van der Waals surface area (Å²) in [6.45, 7) is 0.188. The summed E-state index contributed by atoms with van der Waals surface area (Å²) >= 11 is 0. The molecule has 0 saturated carbocycles. The van der Waals surface area contributed by atoms with Crippen molar-refractivity contribution in [3.05, 3.63) is 63.8 Å². The summed E-state index contributed by atoms with van der Waals surface area (Å²) in [4.78, 5) is 24.8. The maximum absolute atomic E-state index is 12.8. The second-order valence-corrected chi connectivity index (χ2v) is 7.36. The highest BCUT2D eigenvalue weighted by atomic mass is 32.2. The Labute approximate surface area is 148 Å². The summed E-state index contributed by atoms with van der Waals surface area (Å²) < 4.78 is 26.8. The van der Waals surface area contributed by atoms with Gasteiger partial charge < -0.3 is 5.11 Å². The van der Waals surface area contributed by atoms with Gasteiger partial charge in [-0.1, -0.05) is 0 Å². The maximum atomic E-state index is 12.8. The molecule has 1 N–H and O–H groups in total. The molecule has 10 heteroatoms. The molecule has 3 rings (SSSR count). The van der Waals surface area contributed by atoms with E-state index in [-0.39, 0.29) is 22.9 Å². The van der Waals surface area contributed by atoms with Crippen LogP contribution < -0.4 is 4.31 Å². The number of non-ortho nitro benzene ring substituents is 1. The van der Waals surface area contributed by atoms with Gasteiger partial charge in [-0.15, -0.1) is 0 Å². The molecular weight excluding hydrogens is 362 g/mol. The lowest BCUT2D eigenvalue weighted by Gasteiger charge is -2.18. The smallest absolute Gasteiger partial charge is 0.328 e. The lowest BCUT2D eigenvalue weighted by atomic mass is 10.1. The molecule has 134 valence electrons. The molecule has 0 fully saturated rings. The minimum absolute atomic E-state index is 0.0624. The first-order valence-corrected chi connectivity index (χ1v) is 8.90. The van der Waals surface area contributed by atoms with Gasteiger partial charge in [0, 0.05) is 31.0 Å². The molecule has 0 saturated heterocycles. The monoisotopic (exact) mass is 375 g/mol. The van der Waals surface area contributed by atoms with Crippen LogP contribution in [0.25, 0.3) is 6.08 Å². The van der Waals surface area contributed by atoms with E-state index in [1.165, 1.54) is 24.4 Å². The molecule has 1 aliphatic heterocycles. The average molecular weight is 375 g/mol. The zero-order chi connectivity index (χ0) is 18.9. The van der Waals surface area contributed by atoms with E-state index in [9.17, 15) is 23.3 Å². The van der Waals surface area contributed by atoms with E-state index in [1.807, 2.05) is 0 Å². The number of pyridine rings is 1. The van der Waals surface area contributed by atoms with Gasteiger partial charge in [0.05, 0.1) is 9.82 Å². The van der Waals surface area contributed by atoms with Crippen molar-refractivity contribution in [2.24, 2.45) is 0 Å². The van der Waals surface area contributed by atoms with Crippen molar-refractivity contribution in [1.29, 1.82) is 0 Å². The van der Waals surface area contributed by atoms with E-state index >= 15 is 0 Å². The maximum Gasteiger partial charge on any atom is 0.328 e. The number of hydrogen-bond donors (Lipinski definition) is 1. The van der Waals surface area contributed by atoms with Crippen LogP contribution in [0.15, 0.2) is 47.5 Å². The van der Waals surface area contributed by atoms with Gasteiger partial charge in [-0.25, -0.2) is 22.5 Å². The number of rotatable bonds is 5. The summed E-state index contributed by atoms with van der Waals surface area (Å²) in [6.07, 6.45) is 4.18.